The molecule has 1 amide bonds. The molecule has 0 fully saturated rings. The van der Waals surface area contributed by atoms with Crippen molar-refractivity contribution >= 4 is 52.2 Å². The van der Waals surface area contributed by atoms with Gasteiger partial charge in [-0.3, -0.25) is 9.20 Å². The molecule has 1 aromatic carbocycles. The minimum Gasteiger partial charge on any atom is -0.325 e. The Labute approximate surface area is 165 Å². The molecule has 1 atom stereocenters. The number of pyridine rings is 1. The first-order chi connectivity index (χ1) is 12.6. The number of carbonyl (C=O) groups is 1. The number of nitrogens with one attached hydrogen (secondary N) is 1. The molecule has 11 heteroatoms. The lowest BCUT2D eigenvalue weighted by molar-refractivity contribution is -0.137. The van der Waals surface area contributed by atoms with Gasteiger partial charge in [0.1, 0.15) is 0 Å². The van der Waals surface area contributed by atoms with Gasteiger partial charge in [0, 0.05) is 16.9 Å². The van der Waals surface area contributed by atoms with Crippen LogP contribution >= 0.6 is 35.0 Å². The molecule has 0 radical (unpaired) electrons. The molecule has 0 saturated heterocycles. The van der Waals surface area contributed by atoms with E-state index < -0.39 is 17.0 Å². The monoisotopic (exact) mass is 434 g/mol. The summed E-state index contributed by atoms with van der Waals surface area (Å²) in [7, 11) is 0. The first kappa shape index (κ1) is 19.8. The third kappa shape index (κ3) is 4.48. The van der Waals surface area contributed by atoms with Gasteiger partial charge >= 0.3 is 6.18 Å². The minimum atomic E-state index is -4.57. The molecule has 2 aromatic heterocycles. The van der Waals surface area contributed by atoms with Gasteiger partial charge in [0.15, 0.2) is 10.8 Å². The lowest BCUT2D eigenvalue weighted by atomic mass is 10.3. The van der Waals surface area contributed by atoms with E-state index in [2.05, 4.69) is 15.5 Å². The summed E-state index contributed by atoms with van der Waals surface area (Å²) in [6.45, 7) is 1.60. The molecular formula is C16H11Cl2F3N4OS. The molecule has 0 bridgehead atoms. The third-order valence-electron chi connectivity index (χ3n) is 3.52. The second-order valence-corrected chi connectivity index (χ2v) is 7.66. The number of amides is 1. The van der Waals surface area contributed by atoms with Crippen LogP contribution in [0.2, 0.25) is 10.0 Å². The van der Waals surface area contributed by atoms with Gasteiger partial charge in [-0.2, -0.15) is 13.2 Å². The SMILES string of the molecule is CC(Sc1nnc2c(Cl)cc(C(F)(F)F)cn12)C(=O)Nc1ccc(Cl)cc1. The van der Waals surface area contributed by atoms with Crippen molar-refractivity contribution in [3.05, 3.63) is 52.1 Å². The quantitative estimate of drug-likeness (QED) is 0.575. The number of alkyl halides is 3. The number of aromatic nitrogens is 3. The van der Waals surface area contributed by atoms with E-state index in [0.29, 0.717) is 10.7 Å². The van der Waals surface area contributed by atoms with Crippen molar-refractivity contribution in [2.24, 2.45) is 0 Å². The zero-order valence-electron chi connectivity index (χ0n) is 13.6. The molecule has 1 unspecified atom stereocenters. The molecule has 2 heterocycles. The highest BCUT2D eigenvalue weighted by atomic mass is 35.5. The smallest absolute Gasteiger partial charge is 0.325 e. The number of halogens is 5. The molecule has 5 nitrogen and oxygen atoms in total. The maximum Gasteiger partial charge on any atom is 0.417 e. The highest BCUT2D eigenvalue weighted by Gasteiger charge is 2.32. The molecule has 0 saturated carbocycles. The van der Waals surface area contributed by atoms with Gasteiger partial charge in [0.05, 0.1) is 15.8 Å². The summed E-state index contributed by atoms with van der Waals surface area (Å²) in [6, 6.07) is 7.32. The Hall–Kier alpha value is -1.97. The van der Waals surface area contributed by atoms with Gasteiger partial charge in [-0.1, -0.05) is 35.0 Å². The van der Waals surface area contributed by atoms with Crippen molar-refractivity contribution in [3.8, 4) is 0 Å². The van der Waals surface area contributed by atoms with Crippen LogP contribution in [0.1, 0.15) is 12.5 Å². The lowest BCUT2D eigenvalue weighted by Gasteiger charge is -2.12. The van der Waals surface area contributed by atoms with Crippen molar-refractivity contribution in [1.29, 1.82) is 0 Å². The number of thioether (sulfide) groups is 1. The number of fused-ring (bicyclic) bond motifs is 1. The zero-order valence-corrected chi connectivity index (χ0v) is 15.9. The van der Waals surface area contributed by atoms with Gasteiger partial charge in [0.2, 0.25) is 5.91 Å². The maximum atomic E-state index is 13.0. The van der Waals surface area contributed by atoms with Crippen molar-refractivity contribution in [3.63, 3.8) is 0 Å². The summed E-state index contributed by atoms with van der Waals surface area (Å²) in [6.07, 6.45) is -3.71. The fourth-order valence-corrected chi connectivity index (χ4v) is 3.35. The van der Waals surface area contributed by atoms with Crippen LogP contribution in [0, 0.1) is 0 Å². The molecule has 142 valence electrons. The number of benzene rings is 1. The lowest BCUT2D eigenvalue weighted by Crippen LogP contribution is -2.22. The highest BCUT2D eigenvalue weighted by Crippen LogP contribution is 2.34. The molecule has 0 aliphatic carbocycles. The molecule has 3 rings (SSSR count). The highest BCUT2D eigenvalue weighted by molar-refractivity contribution is 8.00. The number of hydrogen-bond acceptors (Lipinski definition) is 4. The second-order valence-electron chi connectivity index (χ2n) is 5.51. The van der Waals surface area contributed by atoms with E-state index in [0.717, 1.165) is 28.4 Å². The standard InChI is InChI=1S/C16H11Cl2F3N4OS/c1-8(14(26)22-11-4-2-10(17)3-5-11)27-15-24-23-13-12(18)6-9(7-25(13)15)16(19,20)21/h2-8H,1H3,(H,22,26). The minimum absolute atomic E-state index is 0.0810. The van der Waals surface area contributed by atoms with Crippen LogP contribution in [0.5, 0.6) is 0 Å². The first-order valence-electron chi connectivity index (χ1n) is 7.49. The second kappa shape index (κ2) is 7.57. The molecule has 1 N–H and O–H groups in total. The van der Waals surface area contributed by atoms with E-state index in [1.165, 1.54) is 0 Å². The molecule has 0 aliphatic heterocycles. The van der Waals surface area contributed by atoms with E-state index >= 15 is 0 Å². The van der Waals surface area contributed by atoms with Gasteiger partial charge in [-0.05, 0) is 37.3 Å². The number of carbonyl (C=O) groups excluding carboxylic acids is 1. The summed E-state index contributed by atoms with van der Waals surface area (Å²) in [4.78, 5) is 12.3. The molecule has 0 aliphatic rings. The Kier molecular flexibility index (Phi) is 5.55. The van der Waals surface area contributed by atoms with Gasteiger partial charge in [-0.15, -0.1) is 10.2 Å². The third-order valence-corrected chi connectivity index (χ3v) is 5.11. The van der Waals surface area contributed by atoms with E-state index in [-0.39, 0.29) is 21.7 Å². The van der Waals surface area contributed by atoms with Crippen LogP contribution in [0.25, 0.3) is 5.65 Å². The van der Waals surface area contributed by atoms with Crippen LogP contribution in [-0.2, 0) is 11.0 Å². The van der Waals surface area contributed by atoms with Crippen LogP contribution in [-0.4, -0.2) is 25.8 Å². The Bertz CT molecular complexity index is 992. The largest absolute Gasteiger partial charge is 0.417 e. The molecular weight excluding hydrogens is 424 g/mol. The number of hydrogen-bond donors (Lipinski definition) is 1. The van der Waals surface area contributed by atoms with E-state index in [4.69, 9.17) is 23.2 Å². The van der Waals surface area contributed by atoms with Crippen LogP contribution in [0.4, 0.5) is 18.9 Å². The average molecular weight is 435 g/mol. The fraction of sp³-hybridized carbons (Fsp3) is 0.188. The predicted molar refractivity (Wildman–Crippen MR) is 98.4 cm³/mol. The maximum absolute atomic E-state index is 13.0. The fourth-order valence-electron chi connectivity index (χ4n) is 2.16. The van der Waals surface area contributed by atoms with Crippen molar-refractivity contribution < 1.29 is 18.0 Å². The topological polar surface area (TPSA) is 59.3 Å². The number of anilines is 1. The normalized spacial score (nSPS) is 13.0. The number of nitrogens with zero attached hydrogens (tertiary/aromatic N) is 3. The van der Waals surface area contributed by atoms with E-state index in [1.807, 2.05) is 0 Å². The molecule has 27 heavy (non-hydrogen) atoms. The average Bonchev–Trinajstić information content (AvgIpc) is 2.99. The predicted octanol–water partition coefficient (Wildman–Crippen LogP) is 5.17. The van der Waals surface area contributed by atoms with E-state index in [9.17, 15) is 18.0 Å². The van der Waals surface area contributed by atoms with Gasteiger partial charge in [-0.25, -0.2) is 0 Å². The Morgan fingerprint density at radius 3 is 2.52 bits per heavy atom. The summed E-state index contributed by atoms with van der Waals surface area (Å²) < 4.78 is 40.1. The van der Waals surface area contributed by atoms with Gasteiger partial charge in [0.25, 0.3) is 0 Å². The van der Waals surface area contributed by atoms with E-state index in [1.54, 1.807) is 31.2 Å². The van der Waals surface area contributed by atoms with Crippen molar-refractivity contribution in [2.45, 2.75) is 23.5 Å². The molecule has 0 spiro atoms. The van der Waals surface area contributed by atoms with Crippen LogP contribution in [0.3, 0.4) is 0 Å². The van der Waals surface area contributed by atoms with Crippen LogP contribution < -0.4 is 5.32 Å². The first-order valence-corrected chi connectivity index (χ1v) is 9.13. The van der Waals surface area contributed by atoms with Crippen molar-refractivity contribution in [1.82, 2.24) is 14.6 Å². The van der Waals surface area contributed by atoms with Gasteiger partial charge < -0.3 is 5.32 Å². The Balaban J connectivity index is 1.82. The van der Waals surface area contributed by atoms with Crippen molar-refractivity contribution in [2.75, 3.05) is 5.32 Å². The summed E-state index contributed by atoms with van der Waals surface area (Å²) in [5.74, 6) is -0.350. The molecule has 3 aromatic rings. The van der Waals surface area contributed by atoms with Crippen LogP contribution in [0.15, 0.2) is 41.7 Å². The number of rotatable bonds is 4. The summed E-state index contributed by atoms with van der Waals surface area (Å²) in [5, 5.41) is 10.2. The zero-order chi connectivity index (χ0) is 19.8. The Morgan fingerprint density at radius 1 is 1.22 bits per heavy atom. The summed E-state index contributed by atoms with van der Waals surface area (Å²) in [5.41, 5.74) is -0.303. The summed E-state index contributed by atoms with van der Waals surface area (Å²) >= 11 is 12.6. The Morgan fingerprint density at radius 2 is 1.89 bits per heavy atom.